The fourth-order valence-electron chi connectivity index (χ4n) is 4.13. The third kappa shape index (κ3) is 2.65. The van der Waals surface area contributed by atoms with Crippen LogP contribution < -0.4 is 0 Å². The van der Waals surface area contributed by atoms with Crippen LogP contribution in [0.5, 0.6) is 0 Å². The second-order valence-electron chi connectivity index (χ2n) is 7.08. The zero-order valence-corrected chi connectivity index (χ0v) is 12.4. The summed E-state index contributed by atoms with van der Waals surface area (Å²) in [6.07, 6.45) is 4.55. The van der Waals surface area contributed by atoms with Gasteiger partial charge in [-0.25, -0.2) is 0 Å². The molecule has 4 heteroatoms. The highest BCUT2D eigenvalue weighted by Crippen LogP contribution is 2.39. The minimum absolute atomic E-state index is 0.300. The van der Waals surface area contributed by atoms with Gasteiger partial charge in [-0.3, -0.25) is 4.79 Å². The van der Waals surface area contributed by atoms with Crippen molar-refractivity contribution in [2.24, 2.45) is 11.3 Å². The first-order valence-corrected chi connectivity index (χ1v) is 7.74. The molecule has 0 aromatic carbocycles. The molecule has 1 amide bonds. The van der Waals surface area contributed by atoms with Crippen LogP contribution in [-0.4, -0.2) is 74.0 Å². The lowest BCUT2D eigenvalue weighted by molar-refractivity contribution is -0.141. The Morgan fingerprint density at radius 1 is 0.947 bits per heavy atom. The third-order valence-corrected chi connectivity index (χ3v) is 5.41. The lowest BCUT2D eigenvalue weighted by Crippen LogP contribution is -2.59. The van der Waals surface area contributed by atoms with Crippen LogP contribution in [0.4, 0.5) is 0 Å². The Kier molecular flexibility index (Phi) is 3.56. The molecule has 0 radical (unpaired) electrons. The minimum Gasteiger partial charge on any atom is -0.342 e. The number of amides is 1. The van der Waals surface area contributed by atoms with E-state index in [0.29, 0.717) is 17.2 Å². The maximum atomic E-state index is 12.5. The van der Waals surface area contributed by atoms with Crippen LogP contribution in [0.2, 0.25) is 0 Å². The summed E-state index contributed by atoms with van der Waals surface area (Å²) in [6, 6.07) is 0. The largest absolute Gasteiger partial charge is 0.342 e. The molecule has 0 saturated carbocycles. The highest BCUT2D eigenvalue weighted by Gasteiger charge is 2.44. The van der Waals surface area contributed by atoms with E-state index in [1.54, 1.807) is 0 Å². The molecule has 0 bridgehead atoms. The van der Waals surface area contributed by atoms with Gasteiger partial charge in [0.1, 0.15) is 0 Å². The molecule has 1 spiro atoms. The summed E-state index contributed by atoms with van der Waals surface area (Å²) in [5.41, 5.74) is 0.554. The van der Waals surface area contributed by atoms with Crippen molar-refractivity contribution in [3.05, 3.63) is 0 Å². The number of hydrogen-bond acceptors (Lipinski definition) is 3. The zero-order chi connectivity index (χ0) is 13.5. The third-order valence-electron chi connectivity index (χ3n) is 5.41. The van der Waals surface area contributed by atoms with Crippen LogP contribution in [0.25, 0.3) is 0 Å². The Morgan fingerprint density at radius 3 is 2.05 bits per heavy atom. The SMILES string of the molecule is CN1CCC(C(=O)N2CCC3(CC2)CN(C)C3)CC1. The number of rotatable bonds is 1. The summed E-state index contributed by atoms with van der Waals surface area (Å²) in [5, 5.41) is 0. The predicted molar refractivity (Wildman–Crippen MR) is 76.0 cm³/mol. The van der Waals surface area contributed by atoms with E-state index in [-0.39, 0.29) is 0 Å². The topological polar surface area (TPSA) is 26.8 Å². The molecule has 0 unspecified atom stereocenters. The Bertz CT molecular complexity index is 333. The summed E-state index contributed by atoms with van der Waals surface area (Å²) in [7, 11) is 4.35. The van der Waals surface area contributed by atoms with Gasteiger partial charge in [0, 0.05) is 32.1 Å². The van der Waals surface area contributed by atoms with Crippen molar-refractivity contribution < 1.29 is 4.79 Å². The molecule has 108 valence electrons. The number of hydrogen-bond donors (Lipinski definition) is 0. The molecule has 0 N–H and O–H groups in total. The molecule has 3 rings (SSSR count). The highest BCUT2D eigenvalue weighted by molar-refractivity contribution is 5.79. The highest BCUT2D eigenvalue weighted by atomic mass is 16.2. The molecule has 3 heterocycles. The lowest BCUT2D eigenvalue weighted by Gasteiger charge is -2.53. The minimum atomic E-state index is 0.300. The van der Waals surface area contributed by atoms with Crippen LogP contribution in [0.1, 0.15) is 25.7 Å². The number of carbonyl (C=O) groups excluding carboxylic acids is 1. The van der Waals surface area contributed by atoms with Gasteiger partial charge in [0.15, 0.2) is 0 Å². The van der Waals surface area contributed by atoms with E-state index in [0.717, 1.165) is 39.0 Å². The average molecular weight is 265 g/mol. The van der Waals surface area contributed by atoms with Gasteiger partial charge in [-0.15, -0.1) is 0 Å². The quantitative estimate of drug-likeness (QED) is 0.704. The van der Waals surface area contributed by atoms with Crippen molar-refractivity contribution in [1.82, 2.24) is 14.7 Å². The molecule has 3 aliphatic heterocycles. The molecule has 0 aliphatic carbocycles. The van der Waals surface area contributed by atoms with Crippen LogP contribution in [0.15, 0.2) is 0 Å². The fraction of sp³-hybridized carbons (Fsp3) is 0.933. The first-order valence-electron chi connectivity index (χ1n) is 7.74. The maximum absolute atomic E-state index is 12.5. The number of nitrogens with zero attached hydrogens (tertiary/aromatic N) is 3. The van der Waals surface area contributed by atoms with E-state index in [9.17, 15) is 4.79 Å². The molecule has 0 atom stereocenters. The van der Waals surface area contributed by atoms with Crippen LogP contribution in [-0.2, 0) is 4.79 Å². The zero-order valence-electron chi connectivity index (χ0n) is 12.4. The number of likely N-dealkylation sites (tertiary alicyclic amines) is 3. The van der Waals surface area contributed by atoms with Gasteiger partial charge in [-0.05, 0) is 58.3 Å². The van der Waals surface area contributed by atoms with Crippen molar-refractivity contribution in [1.29, 1.82) is 0 Å². The molecule has 4 nitrogen and oxygen atoms in total. The average Bonchev–Trinajstić information content (AvgIpc) is 2.38. The van der Waals surface area contributed by atoms with Gasteiger partial charge < -0.3 is 14.7 Å². The first kappa shape index (κ1) is 13.4. The summed E-state index contributed by atoms with van der Waals surface area (Å²) < 4.78 is 0. The molecule has 3 aliphatic rings. The number of piperidine rings is 2. The van der Waals surface area contributed by atoms with Gasteiger partial charge in [0.05, 0.1) is 0 Å². The van der Waals surface area contributed by atoms with E-state index in [2.05, 4.69) is 28.8 Å². The molecule has 0 aromatic rings. The van der Waals surface area contributed by atoms with E-state index in [1.807, 2.05) is 0 Å². The molecule has 3 saturated heterocycles. The predicted octanol–water partition coefficient (Wildman–Crippen LogP) is 0.882. The van der Waals surface area contributed by atoms with Gasteiger partial charge in [-0.2, -0.15) is 0 Å². The summed E-state index contributed by atoms with van der Waals surface area (Å²) in [4.78, 5) is 19.4. The molecular formula is C15H27N3O. The standard InChI is InChI=1S/C15H27N3O/c1-16-7-3-13(4-8-16)14(19)18-9-5-15(6-10-18)11-17(2)12-15/h13H,3-12H2,1-2H3. The van der Waals surface area contributed by atoms with Crippen molar-refractivity contribution in [2.45, 2.75) is 25.7 Å². The normalized spacial score (nSPS) is 29.5. The molecule has 0 aromatic heterocycles. The van der Waals surface area contributed by atoms with Crippen molar-refractivity contribution in [3.8, 4) is 0 Å². The molecule has 3 fully saturated rings. The van der Waals surface area contributed by atoms with Crippen molar-refractivity contribution in [3.63, 3.8) is 0 Å². The van der Waals surface area contributed by atoms with E-state index in [4.69, 9.17) is 0 Å². The molecular weight excluding hydrogens is 238 g/mol. The monoisotopic (exact) mass is 265 g/mol. The second kappa shape index (κ2) is 5.06. The van der Waals surface area contributed by atoms with Gasteiger partial charge in [-0.1, -0.05) is 0 Å². The van der Waals surface area contributed by atoms with Gasteiger partial charge in [0.25, 0.3) is 0 Å². The van der Waals surface area contributed by atoms with Crippen molar-refractivity contribution >= 4 is 5.91 Å². The fourth-order valence-corrected chi connectivity index (χ4v) is 4.13. The van der Waals surface area contributed by atoms with E-state index >= 15 is 0 Å². The number of carbonyl (C=O) groups is 1. The van der Waals surface area contributed by atoms with Gasteiger partial charge in [0.2, 0.25) is 5.91 Å². The first-order chi connectivity index (χ1) is 9.08. The maximum Gasteiger partial charge on any atom is 0.225 e. The van der Waals surface area contributed by atoms with Gasteiger partial charge >= 0.3 is 0 Å². The lowest BCUT2D eigenvalue weighted by atomic mass is 9.72. The molecule has 19 heavy (non-hydrogen) atoms. The Balaban J connectivity index is 1.49. The van der Waals surface area contributed by atoms with E-state index in [1.165, 1.54) is 25.9 Å². The van der Waals surface area contributed by atoms with E-state index < -0.39 is 0 Å². The van der Waals surface area contributed by atoms with Crippen LogP contribution in [0, 0.1) is 11.3 Å². The van der Waals surface area contributed by atoms with Crippen LogP contribution in [0.3, 0.4) is 0 Å². The Labute approximate surface area is 116 Å². The Hall–Kier alpha value is -0.610. The second-order valence-corrected chi connectivity index (χ2v) is 7.08. The summed E-state index contributed by atoms with van der Waals surface area (Å²) in [5.74, 6) is 0.741. The van der Waals surface area contributed by atoms with Crippen LogP contribution >= 0.6 is 0 Å². The van der Waals surface area contributed by atoms with Crippen molar-refractivity contribution in [2.75, 3.05) is 53.4 Å². The Morgan fingerprint density at radius 2 is 1.53 bits per heavy atom. The summed E-state index contributed by atoms with van der Waals surface area (Å²) >= 11 is 0. The smallest absolute Gasteiger partial charge is 0.225 e. The summed E-state index contributed by atoms with van der Waals surface area (Å²) in [6.45, 7) is 6.64.